The third-order valence-electron chi connectivity index (χ3n) is 4.60. The van der Waals surface area contributed by atoms with Crippen LogP contribution in [0.4, 0.5) is 13.2 Å². The van der Waals surface area contributed by atoms with Crippen molar-refractivity contribution >= 4 is 17.8 Å². The minimum atomic E-state index is -4.48. The van der Waals surface area contributed by atoms with E-state index in [0.29, 0.717) is 0 Å². The molecule has 1 aliphatic rings. The van der Waals surface area contributed by atoms with Crippen LogP contribution in [0.15, 0.2) is 40.8 Å². The molecule has 3 rings (SSSR count). The van der Waals surface area contributed by atoms with Crippen molar-refractivity contribution in [2.24, 2.45) is 0 Å². The molecule has 1 fully saturated rings. The average Bonchev–Trinajstić information content (AvgIpc) is 3.23. The second-order valence-corrected chi connectivity index (χ2v) is 6.55. The molecule has 2 aromatic rings. The van der Waals surface area contributed by atoms with Crippen LogP contribution in [-0.2, 0) is 20.5 Å². The van der Waals surface area contributed by atoms with Gasteiger partial charge in [-0.05, 0) is 31.2 Å². The van der Waals surface area contributed by atoms with E-state index in [1.165, 1.54) is 34.1 Å². The molecule has 0 N–H and O–H groups in total. The van der Waals surface area contributed by atoms with Crippen LogP contribution in [0.25, 0.3) is 11.3 Å². The molecule has 7 nitrogen and oxygen atoms in total. The van der Waals surface area contributed by atoms with E-state index < -0.39 is 29.5 Å². The molecule has 0 spiro atoms. The Hall–Kier alpha value is -3.30. The van der Waals surface area contributed by atoms with Gasteiger partial charge >= 0.3 is 18.1 Å². The maximum atomic E-state index is 12.9. The van der Waals surface area contributed by atoms with Crippen LogP contribution < -0.4 is 0 Å². The molecule has 30 heavy (non-hydrogen) atoms. The summed E-state index contributed by atoms with van der Waals surface area (Å²) in [6.07, 6.45) is -4.48. The molecular weight excluding hydrogens is 405 g/mol. The number of hydrogen-bond donors (Lipinski definition) is 0. The number of nitrogens with zero attached hydrogens (tertiary/aromatic N) is 2. The molecule has 160 valence electrons. The van der Waals surface area contributed by atoms with E-state index in [1.807, 2.05) is 0 Å². The van der Waals surface area contributed by atoms with Crippen LogP contribution in [0, 0.1) is 0 Å². The van der Waals surface area contributed by atoms with Gasteiger partial charge in [0.25, 0.3) is 5.91 Å². The second-order valence-electron chi connectivity index (χ2n) is 6.55. The Bertz CT molecular complexity index is 946. The summed E-state index contributed by atoms with van der Waals surface area (Å²) >= 11 is 0. The average molecular weight is 424 g/mol. The highest BCUT2D eigenvalue weighted by Crippen LogP contribution is 2.32. The topological polar surface area (TPSA) is 80.1 Å². The number of piperazine rings is 1. The second kappa shape index (κ2) is 8.60. The van der Waals surface area contributed by atoms with Crippen LogP contribution in [0.2, 0.25) is 0 Å². The molecule has 1 aromatic heterocycles. The van der Waals surface area contributed by atoms with E-state index >= 15 is 0 Å². The van der Waals surface area contributed by atoms with E-state index in [2.05, 4.69) is 4.74 Å². The maximum Gasteiger partial charge on any atom is 0.416 e. The maximum absolute atomic E-state index is 12.9. The number of furan rings is 1. The van der Waals surface area contributed by atoms with Crippen LogP contribution in [-0.4, -0.2) is 60.4 Å². The fourth-order valence-corrected chi connectivity index (χ4v) is 3.05. The van der Waals surface area contributed by atoms with Gasteiger partial charge in [0.15, 0.2) is 5.76 Å². The normalized spacial score (nSPS) is 14.5. The molecule has 1 saturated heterocycles. The summed E-state index contributed by atoms with van der Waals surface area (Å²) < 4.78 is 48.8. The number of esters is 1. The first-order valence-electron chi connectivity index (χ1n) is 9.23. The summed E-state index contributed by atoms with van der Waals surface area (Å²) in [5, 5.41) is 0. The highest BCUT2D eigenvalue weighted by atomic mass is 19.4. The SMILES string of the molecule is CCOC(=O)C(=O)N1CCN(C(=O)c2ccc(-c3cccc(C(F)(F)F)c3)o2)CC1. The van der Waals surface area contributed by atoms with Crippen molar-refractivity contribution in [2.45, 2.75) is 13.1 Å². The van der Waals surface area contributed by atoms with Gasteiger partial charge in [-0.25, -0.2) is 4.79 Å². The first-order valence-corrected chi connectivity index (χ1v) is 9.23. The standard InChI is InChI=1S/C20H19F3N2O5/c1-2-29-19(28)18(27)25-10-8-24(9-11-25)17(26)16-7-6-15(30-16)13-4-3-5-14(12-13)20(21,22)23/h3-7,12H,2,8-11H2,1H3. The van der Waals surface area contributed by atoms with Gasteiger partial charge in [0.05, 0.1) is 12.2 Å². The largest absolute Gasteiger partial charge is 0.459 e. The molecule has 2 amide bonds. The highest BCUT2D eigenvalue weighted by Gasteiger charge is 2.32. The predicted octanol–water partition coefficient (Wildman–Crippen LogP) is 2.81. The molecule has 0 unspecified atom stereocenters. The van der Waals surface area contributed by atoms with E-state index in [-0.39, 0.29) is 49.9 Å². The fourth-order valence-electron chi connectivity index (χ4n) is 3.05. The lowest BCUT2D eigenvalue weighted by Gasteiger charge is -2.33. The summed E-state index contributed by atoms with van der Waals surface area (Å²) in [6, 6.07) is 7.46. The van der Waals surface area contributed by atoms with Gasteiger partial charge in [-0.15, -0.1) is 0 Å². The van der Waals surface area contributed by atoms with Crippen molar-refractivity contribution < 1.29 is 36.7 Å². The van der Waals surface area contributed by atoms with Gasteiger partial charge in [0, 0.05) is 31.7 Å². The molecule has 0 aliphatic carbocycles. The van der Waals surface area contributed by atoms with Crippen molar-refractivity contribution in [3.05, 3.63) is 47.7 Å². The fraction of sp³-hybridized carbons (Fsp3) is 0.350. The molecule has 1 aromatic carbocycles. The molecule has 0 bridgehead atoms. The summed E-state index contributed by atoms with van der Waals surface area (Å²) in [5.41, 5.74) is -0.611. The first-order chi connectivity index (χ1) is 14.2. The highest BCUT2D eigenvalue weighted by molar-refractivity contribution is 6.32. The Labute approximate surface area is 170 Å². The molecule has 0 radical (unpaired) electrons. The lowest BCUT2D eigenvalue weighted by Crippen LogP contribution is -2.52. The van der Waals surface area contributed by atoms with E-state index in [0.717, 1.165) is 12.1 Å². The Morgan fingerprint density at radius 2 is 1.70 bits per heavy atom. The van der Waals surface area contributed by atoms with Gasteiger partial charge in [-0.1, -0.05) is 12.1 Å². The van der Waals surface area contributed by atoms with Crippen molar-refractivity contribution in [2.75, 3.05) is 32.8 Å². The number of ether oxygens (including phenoxy) is 1. The predicted molar refractivity (Wildman–Crippen MR) is 98.3 cm³/mol. The number of alkyl halides is 3. The van der Waals surface area contributed by atoms with Gasteiger partial charge in [0.2, 0.25) is 0 Å². The van der Waals surface area contributed by atoms with Crippen molar-refractivity contribution in [3.8, 4) is 11.3 Å². The van der Waals surface area contributed by atoms with Gasteiger partial charge < -0.3 is 19.0 Å². The number of carbonyl (C=O) groups excluding carboxylic acids is 3. The number of rotatable bonds is 3. The summed E-state index contributed by atoms with van der Waals surface area (Å²) in [7, 11) is 0. The Morgan fingerprint density at radius 3 is 2.33 bits per heavy atom. The van der Waals surface area contributed by atoms with Gasteiger partial charge in [0.1, 0.15) is 5.76 Å². The van der Waals surface area contributed by atoms with Crippen LogP contribution in [0.5, 0.6) is 0 Å². The zero-order valence-electron chi connectivity index (χ0n) is 16.1. The molecule has 0 saturated carbocycles. The van der Waals surface area contributed by atoms with Crippen molar-refractivity contribution in [3.63, 3.8) is 0 Å². The van der Waals surface area contributed by atoms with Gasteiger partial charge in [-0.2, -0.15) is 13.2 Å². The van der Waals surface area contributed by atoms with Crippen LogP contribution in [0.3, 0.4) is 0 Å². The quantitative estimate of drug-likeness (QED) is 0.559. The molecule has 2 heterocycles. The molecular formula is C20H19F3N2O5. The van der Waals surface area contributed by atoms with Crippen molar-refractivity contribution in [1.82, 2.24) is 9.80 Å². The minimum absolute atomic E-state index is 0.0208. The Kier molecular flexibility index (Phi) is 6.14. The zero-order valence-corrected chi connectivity index (χ0v) is 16.1. The van der Waals surface area contributed by atoms with Crippen LogP contribution >= 0.6 is 0 Å². The number of hydrogen-bond acceptors (Lipinski definition) is 5. The summed E-state index contributed by atoms with van der Waals surface area (Å²) in [5.74, 6) is -2.02. The van der Waals surface area contributed by atoms with E-state index in [4.69, 9.17) is 4.42 Å². The molecule has 1 aliphatic heterocycles. The number of carbonyl (C=O) groups is 3. The third kappa shape index (κ3) is 4.64. The van der Waals surface area contributed by atoms with E-state index in [9.17, 15) is 27.6 Å². The first kappa shape index (κ1) is 21.4. The number of benzene rings is 1. The van der Waals surface area contributed by atoms with E-state index in [1.54, 1.807) is 6.92 Å². The van der Waals surface area contributed by atoms with Crippen LogP contribution in [0.1, 0.15) is 23.0 Å². The number of halogens is 3. The third-order valence-corrected chi connectivity index (χ3v) is 4.60. The molecule has 0 atom stereocenters. The summed E-state index contributed by atoms with van der Waals surface area (Å²) in [6.45, 7) is 2.37. The minimum Gasteiger partial charge on any atom is -0.459 e. The number of amides is 2. The Morgan fingerprint density at radius 1 is 1.03 bits per heavy atom. The van der Waals surface area contributed by atoms with Gasteiger partial charge in [-0.3, -0.25) is 9.59 Å². The van der Waals surface area contributed by atoms with Crippen molar-refractivity contribution in [1.29, 1.82) is 0 Å². The zero-order chi connectivity index (χ0) is 21.9. The smallest absolute Gasteiger partial charge is 0.416 e. The lowest BCUT2D eigenvalue weighted by molar-refractivity contribution is -0.160. The molecule has 10 heteroatoms. The summed E-state index contributed by atoms with van der Waals surface area (Å²) in [4.78, 5) is 38.9. The monoisotopic (exact) mass is 424 g/mol. The lowest BCUT2D eigenvalue weighted by atomic mass is 10.1. The Balaban J connectivity index is 1.65.